The van der Waals surface area contributed by atoms with E-state index in [1.807, 2.05) is 0 Å². The highest BCUT2D eigenvalue weighted by Gasteiger charge is 2.32. The number of benzene rings is 1. The Kier molecular flexibility index (Phi) is 6.03. The molecule has 5 nitrogen and oxygen atoms in total. The average Bonchev–Trinajstić information content (AvgIpc) is 2.69. The number of rotatable bonds is 5. The maximum atomic E-state index is 12.8. The number of hydrogen-bond acceptors (Lipinski definition) is 4. The summed E-state index contributed by atoms with van der Waals surface area (Å²) in [5.41, 5.74) is 0.590. The molecule has 0 saturated heterocycles. The van der Waals surface area contributed by atoms with Crippen molar-refractivity contribution in [2.75, 3.05) is 10.6 Å². The molecule has 150 valence electrons. The molecule has 1 amide bonds. The highest BCUT2D eigenvalue weighted by Crippen LogP contribution is 2.30. The zero-order valence-corrected chi connectivity index (χ0v) is 15.9. The Morgan fingerprint density at radius 1 is 1.03 bits per heavy atom. The van der Waals surface area contributed by atoms with Crippen molar-refractivity contribution in [1.82, 2.24) is 9.97 Å². The molecule has 1 aromatic carbocycles. The van der Waals surface area contributed by atoms with Crippen molar-refractivity contribution >= 4 is 34.7 Å². The first kappa shape index (κ1) is 20.6. The molecule has 1 unspecified atom stereocenters. The minimum atomic E-state index is -4.51. The molecule has 0 spiro atoms. The van der Waals surface area contributed by atoms with Crippen LogP contribution in [0.25, 0.3) is 0 Å². The van der Waals surface area contributed by atoms with Gasteiger partial charge in [0.1, 0.15) is 5.69 Å². The van der Waals surface area contributed by atoms with E-state index in [2.05, 4.69) is 20.6 Å². The van der Waals surface area contributed by atoms with E-state index in [1.54, 1.807) is 43.3 Å². The van der Waals surface area contributed by atoms with Crippen molar-refractivity contribution in [3.8, 4) is 0 Å². The molecule has 0 radical (unpaired) electrons. The lowest BCUT2D eigenvalue weighted by Gasteiger charge is -2.14. The fraction of sp³-hybridized carbons (Fsp3) is 0.150. The third-order valence-corrected chi connectivity index (χ3v) is 4.45. The predicted molar refractivity (Wildman–Crippen MR) is 105 cm³/mol. The number of halogens is 4. The van der Waals surface area contributed by atoms with Crippen LogP contribution in [0.3, 0.4) is 0 Å². The molecule has 2 N–H and O–H groups in total. The SMILES string of the molecule is CC(C(=O)Nc1ncccc1Cl)c1ccc(Nc2ccnc(C(F)(F)F)c2)cc1. The third kappa shape index (κ3) is 5.23. The van der Waals surface area contributed by atoms with Gasteiger partial charge in [0.25, 0.3) is 0 Å². The lowest BCUT2D eigenvalue weighted by molar-refractivity contribution is -0.141. The molecule has 0 fully saturated rings. The fourth-order valence-corrected chi connectivity index (χ4v) is 2.71. The third-order valence-electron chi connectivity index (χ3n) is 4.14. The topological polar surface area (TPSA) is 66.9 Å². The number of pyridine rings is 2. The van der Waals surface area contributed by atoms with Crippen LogP contribution in [-0.2, 0) is 11.0 Å². The Morgan fingerprint density at radius 2 is 1.76 bits per heavy atom. The van der Waals surface area contributed by atoms with E-state index < -0.39 is 17.8 Å². The molecular weight excluding hydrogens is 405 g/mol. The minimum Gasteiger partial charge on any atom is -0.355 e. The quantitative estimate of drug-likeness (QED) is 0.561. The van der Waals surface area contributed by atoms with Crippen molar-refractivity contribution in [1.29, 1.82) is 0 Å². The van der Waals surface area contributed by atoms with Crippen LogP contribution in [0.15, 0.2) is 60.9 Å². The lowest BCUT2D eigenvalue weighted by Crippen LogP contribution is -2.19. The van der Waals surface area contributed by atoms with Crippen molar-refractivity contribution in [3.05, 3.63) is 77.2 Å². The molecule has 0 aliphatic heterocycles. The second-order valence-corrected chi connectivity index (χ2v) is 6.63. The predicted octanol–water partition coefficient (Wildman–Crippen LogP) is 5.63. The van der Waals surface area contributed by atoms with Gasteiger partial charge in [-0.05, 0) is 48.9 Å². The first-order valence-electron chi connectivity index (χ1n) is 8.55. The maximum Gasteiger partial charge on any atom is 0.433 e. The van der Waals surface area contributed by atoms with Gasteiger partial charge in [-0.2, -0.15) is 13.2 Å². The van der Waals surface area contributed by atoms with Gasteiger partial charge in [-0.3, -0.25) is 9.78 Å². The largest absolute Gasteiger partial charge is 0.433 e. The van der Waals surface area contributed by atoms with Gasteiger partial charge in [-0.15, -0.1) is 0 Å². The summed E-state index contributed by atoms with van der Waals surface area (Å²) in [6.07, 6.45) is -1.90. The number of carbonyl (C=O) groups is 1. The van der Waals surface area contributed by atoms with Crippen LogP contribution in [-0.4, -0.2) is 15.9 Å². The summed E-state index contributed by atoms with van der Waals surface area (Å²) in [5, 5.41) is 5.90. The second kappa shape index (κ2) is 8.48. The van der Waals surface area contributed by atoms with Crippen LogP contribution in [0, 0.1) is 0 Å². The molecule has 0 bridgehead atoms. The van der Waals surface area contributed by atoms with Crippen LogP contribution < -0.4 is 10.6 Å². The highest BCUT2D eigenvalue weighted by atomic mass is 35.5. The summed E-state index contributed by atoms with van der Waals surface area (Å²) >= 11 is 6.00. The number of anilines is 3. The summed E-state index contributed by atoms with van der Waals surface area (Å²) < 4.78 is 38.3. The second-order valence-electron chi connectivity index (χ2n) is 6.22. The molecule has 2 heterocycles. The van der Waals surface area contributed by atoms with Gasteiger partial charge in [0.05, 0.1) is 10.9 Å². The number of amides is 1. The maximum absolute atomic E-state index is 12.8. The zero-order valence-electron chi connectivity index (χ0n) is 15.2. The Morgan fingerprint density at radius 3 is 2.41 bits per heavy atom. The molecule has 2 aromatic heterocycles. The smallest absolute Gasteiger partial charge is 0.355 e. The molecule has 1 atom stereocenters. The van der Waals surface area contributed by atoms with Crippen molar-refractivity contribution in [3.63, 3.8) is 0 Å². The Labute approximate surface area is 170 Å². The number of hydrogen-bond donors (Lipinski definition) is 2. The number of carbonyl (C=O) groups excluding carboxylic acids is 1. The minimum absolute atomic E-state index is 0.260. The van der Waals surface area contributed by atoms with Crippen LogP contribution >= 0.6 is 11.6 Å². The number of nitrogens with zero attached hydrogens (tertiary/aromatic N) is 2. The van der Waals surface area contributed by atoms with Gasteiger partial charge in [-0.1, -0.05) is 23.7 Å². The summed E-state index contributed by atoms with van der Waals surface area (Å²) in [4.78, 5) is 19.8. The highest BCUT2D eigenvalue weighted by molar-refractivity contribution is 6.33. The zero-order chi connectivity index (χ0) is 21.0. The van der Waals surface area contributed by atoms with E-state index in [4.69, 9.17) is 11.6 Å². The summed E-state index contributed by atoms with van der Waals surface area (Å²) in [5.74, 6) is -0.488. The van der Waals surface area contributed by atoms with Gasteiger partial charge in [0, 0.05) is 23.8 Å². The van der Waals surface area contributed by atoms with Crippen molar-refractivity contribution < 1.29 is 18.0 Å². The molecular formula is C20H16ClF3N4O. The van der Waals surface area contributed by atoms with Crippen molar-refractivity contribution in [2.45, 2.75) is 19.0 Å². The van der Waals surface area contributed by atoms with Crippen LogP contribution in [0.5, 0.6) is 0 Å². The van der Waals surface area contributed by atoms with Gasteiger partial charge < -0.3 is 10.6 Å². The molecule has 29 heavy (non-hydrogen) atoms. The van der Waals surface area contributed by atoms with Gasteiger partial charge in [0.15, 0.2) is 5.82 Å². The summed E-state index contributed by atoms with van der Waals surface area (Å²) in [6, 6.07) is 12.5. The van der Waals surface area contributed by atoms with E-state index in [9.17, 15) is 18.0 Å². The lowest BCUT2D eigenvalue weighted by atomic mass is 10.00. The molecule has 3 aromatic rings. The molecule has 0 saturated carbocycles. The molecule has 9 heteroatoms. The Bertz CT molecular complexity index is 1010. The summed E-state index contributed by atoms with van der Waals surface area (Å²) in [6.45, 7) is 1.73. The van der Waals surface area contributed by atoms with Gasteiger partial charge >= 0.3 is 6.18 Å². The normalized spacial score (nSPS) is 12.3. The summed E-state index contributed by atoms with van der Waals surface area (Å²) in [7, 11) is 0. The average molecular weight is 421 g/mol. The number of aromatic nitrogens is 2. The van der Waals surface area contributed by atoms with E-state index in [0.29, 0.717) is 10.7 Å². The number of alkyl halides is 3. The first-order valence-corrected chi connectivity index (χ1v) is 8.93. The van der Waals surface area contributed by atoms with Crippen LogP contribution in [0.1, 0.15) is 24.1 Å². The Balaban J connectivity index is 1.68. The van der Waals surface area contributed by atoms with Crippen LogP contribution in [0.2, 0.25) is 5.02 Å². The molecule has 0 aliphatic rings. The monoisotopic (exact) mass is 420 g/mol. The molecule has 3 rings (SSSR count). The first-order chi connectivity index (χ1) is 13.7. The molecule has 0 aliphatic carbocycles. The Hall–Kier alpha value is -3.13. The van der Waals surface area contributed by atoms with E-state index in [-0.39, 0.29) is 17.4 Å². The standard InChI is InChI=1S/C20H16ClF3N4O/c1-12(19(29)28-18-16(21)3-2-9-26-18)13-4-6-14(7-5-13)27-15-8-10-25-17(11-15)20(22,23)24/h2-12H,1H3,(H,25,27)(H,26,28,29). The van der Waals surface area contributed by atoms with Gasteiger partial charge in [-0.25, -0.2) is 4.98 Å². The number of nitrogens with one attached hydrogen (secondary N) is 2. The van der Waals surface area contributed by atoms with E-state index >= 15 is 0 Å². The van der Waals surface area contributed by atoms with Gasteiger partial charge in [0.2, 0.25) is 5.91 Å². The van der Waals surface area contributed by atoms with Crippen LogP contribution in [0.4, 0.5) is 30.4 Å². The van der Waals surface area contributed by atoms with E-state index in [1.165, 1.54) is 12.3 Å². The fourth-order valence-electron chi connectivity index (χ4n) is 2.54. The van der Waals surface area contributed by atoms with E-state index in [0.717, 1.165) is 17.8 Å². The van der Waals surface area contributed by atoms with Crippen molar-refractivity contribution in [2.24, 2.45) is 0 Å².